The van der Waals surface area contributed by atoms with E-state index < -0.39 is 5.97 Å². The first-order chi connectivity index (χ1) is 13.0. The summed E-state index contributed by atoms with van der Waals surface area (Å²) in [6, 6.07) is 16.0. The van der Waals surface area contributed by atoms with Crippen molar-refractivity contribution in [2.75, 3.05) is 7.11 Å². The molecule has 138 valence electrons. The Hall–Kier alpha value is -3.34. The summed E-state index contributed by atoms with van der Waals surface area (Å²) >= 11 is 0. The van der Waals surface area contributed by atoms with Crippen LogP contribution in [-0.2, 0) is 14.3 Å². The van der Waals surface area contributed by atoms with Gasteiger partial charge >= 0.3 is 5.97 Å². The number of methoxy groups -OCH3 is 1. The van der Waals surface area contributed by atoms with Gasteiger partial charge in [0.15, 0.2) is 0 Å². The predicted octanol–water partition coefficient (Wildman–Crippen LogP) is 3.83. The van der Waals surface area contributed by atoms with Crippen LogP contribution in [0.1, 0.15) is 31.0 Å². The molecule has 5 nitrogen and oxygen atoms in total. The highest BCUT2D eigenvalue weighted by molar-refractivity contribution is 6.16. The lowest BCUT2D eigenvalue weighted by molar-refractivity contribution is -0.136. The molecule has 0 spiro atoms. The second-order valence-electron chi connectivity index (χ2n) is 6.33. The van der Waals surface area contributed by atoms with Gasteiger partial charge < -0.3 is 14.7 Å². The third-order valence-electron chi connectivity index (χ3n) is 4.74. The third kappa shape index (κ3) is 3.36. The van der Waals surface area contributed by atoms with E-state index in [4.69, 9.17) is 4.74 Å². The lowest BCUT2D eigenvalue weighted by atomic mass is 10.0. The fourth-order valence-corrected chi connectivity index (χ4v) is 3.31. The van der Waals surface area contributed by atoms with Gasteiger partial charge in [0, 0.05) is 11.3 Å². The predicted molar refractivity (Wildman–Crippen MR) is 103 cm³/mol. The second kappa shape index (κ2) is 7.50. The molecule has 2 aromatic carbocycles. The minimum absolute atomic E-state index is 0.0363. The van der Waals surface area contributed by atoms with Gasteiger partial charge in [-0.1, -0.05) is 48.5 Å². The number of esters is 1. The van der Waals surface area contributed by atoms with E-state index in [0.29, 0.717) is 11.3 Å². The average molecular weight is 363 g/mol. The van der Waals surface area contributed by atoms with Crippen LogP contribution >= 0.6 is 0 Å². The third-order valence-corrected chi connectivity index (χ3v) is 4.74. The number of hydrogen-bond acceptors (Lipinski definition) is 4. The average Bonchev–Trinajstić information content (AvgIpc) is 2.93. The Morgan fingerprint density at radius 1 is 1.11 bits per heavy atom. The molecule has 0 unspecified atom stereocenters. The molecule has 5 heteroatoms. The van der Waals surface area contributed by atoms with Gasteiger partial charge in [-0.05, 0) is 31.6 Å². The lowest BCUT2D eigenvalue weighted by Gasteiger charge is -2.26. The molecule has 0 saturated carbocycles. The highest BCUT2D eigenvalue weighted by Crippen LogP contribution is 2.38. The van der Waals surface area contributed by atoms with Gasteiger partial charge in [0.25, 0.3) is 5.91 Å². The number of phenols is 1. The van der Waals surface area contributed by atoms with Crippen LogP contribution in [0.5, 0.6) is 5.75 Å². The molecule has 0 aromatic heterocycles. The number of benzene rings is 2. The fraction of sp³-hybridized carbons (Fsp3) is 0.182. The van der Waals surface area contributed by atoms with E-state index in [1.54, 1.807) is 30.0 Å². The Morgan fingerprint density at radius 3 is 2.37 bits per heavy atom. The van der Waals surface area contributed by atoms with Crippen molar-refractivity contribution in [3.05, 3.63) is 82.6 Å². The molecule has 1 heterocycles. The Balaban J connectivity index is 2.11. The summed E-state index contributed by atoms with van der Waals surface area (Å²) in [5.74, 6) is -0.841. The minimum atomic E-state index is -0.578. The van der Waals surface area contributed by atoms with Gasteiger partial charge in [-0.3, -0.25) is 4.79 Å². The van der Waals surface area contributed by atoms with Gasteiger partial charge in [-0.2, -0.15) is 0 Å². The standard InChI is InChI=1S/C22H21NO4/c1-14(16-9-5-4-6-10-16)23-15(2)20(22(26)27-3)18(21(23)25)13-17-11-7-8-12-19(17)24/h4-14,24H,1-3H3/b18-13-/t14-/m1/s1. The number of rotatable bonds is 4. The molecule has 1 N–H and O–H groups in total. The molecule has 0 radical (unpaired) electrons. The van der Waals surface area contributed by atoms with Gasteiger partial charge in [0.1, 0.15) is 5.75 Å². The van der Waals surface area contributed by atoms with Gasteiger partial charge in [0.2, 0.25) is 0 Å². The maximum absolute atomic E-state index is 13.2. The number of allylic oxidation sites excluding steroid dienone is 1. The van der Waals surface area contributed by atoms with E-state index in [1.807, 2.05) is 37.3 Å². The number of carbonyl (C=O) groups excluding carboxylic acids is 2. The first-order valence-electron chi connectivity index (χ1n) is 8.63. The Kier molecular flexibility index (Phi) is 5.12. The SMILES string of the molecule is COC(=O)C1=C(C)N([C@H](C)c2ccccc2)C(=O)/C1=C\c1ccccc1O. The van der Waals surface area contributed by atoms with E-state index in [9.17, 15) is 14.7 Å². The van der Waals surface area contributed by atoms with Crippen molar-refractivity contribution in [3.8, 4) is 5.75 Å². The summed E-state index contributed by atoms with van der Waals surface area (Å²) in [6.07, 6.45) is 1.53. The monoisotopic (exact) mass is 363 g/mol. The molecule has 27 heavy (non-hydrogen) atoms. The molecule has 0 aliphatic carbocycles. The number of amides is 1. The molecule has 2 aromatic rings. The Labute approximate surface area is 158 Å². The zero-order chi connectivity index (χ0) is 19.6. The normalized spacial score (nSPS) is 16.8. The second-order valence-corrected chi connectivity index (χ2v) is 6.33. The van der Waals surface area contributed by atoms with E-state index in [1.165, 1.54) is 19.3 Å². The molecule has 0 fully saturated rings. The first-order valence-corrected chi connectivity index (χ1v) is 8.63. The summed E-state index contributed by atoms with van der Waals surface area (Å²) in [7, 11) is 1.29. The summed E-state index contributed by atoms with van der Waals surface area (Å²) in [6.45, 7) is 3.64. The van der Waals surface area contributed by atoms with Crippen molar-refractivity contribution in [2.45, 2.75) is 19.9 Å². The number of para-hydroxylation sites is 1. The van der Waals surface area contributed by atoms with Crippen LogP contribution in [0.15, 0.2) is 71.4 Å². The van der Waals surface area contributed by atoms with Crippen molar-refractivity contribution >= 4 is 18.0 Å². The zero-order valence-electron chi connectivity index (χ0n) is 15.5. The van der Waals surface area contributed by atoms with Crippen molar-refractivity contribution < 1.29 is 19.4 Å². The Morgan fingerprint density at radius 2 is 1.74 bits per heavy atom. The quantitative estimate of drug-likeness (QED) is 0.662. The summed E-state index contributed by atoms with van der Waals surface area (Å²) in [5, 5.41) is 10.1. The fourth-order valence-electron chi connectivity index (χ4n) is 3.31. The molecule has 1 aliphatic rings. The minimum Gasteiger partial charge on any atom is -0.507 e. The smallest absolute Gasteiger partial charge is 0.340 e. The highest BCUT2D eigenvalue weighted by Gasteiger charge is 2.39. The number of phenolic OH excluding ortho intramolecular Hbond substituents is 1. The van der Waals surface area contributed by atoms with Crippen LogP contribution in [0.3, 0.4) is 0 Å². The topological polar surface area (TPSA) is 66.8 Å². The van der Waals surface area contributed by atoms with Gasteiger partial charge in [-0.15, -0.1) is 0 Å². The highest BCUT2D eigenvalue weighted by atomic mass is 16.5. The van der Waals surface area contributed by atoms with E-state index in [0.717, 1.165) is 5.56 Å². The molecule has 0 saturated heterocycles. The first kappa shape index (κ1) is 18.5. The van der Waals surface area contributed by atoms with E-state index in [-0.39, 0.29) is 28.8 Å². The van der Waals surface area contributed by atoms with Crippen LogP contribution in [-0.4, -0.2) is 29.0 Å². The van der Waals surface area contributed by atoms with Crippen molar-refractivity contribution in [1.29, 1.82) is 0 Å². The van der Waals surface area contributed by atoms with Gasteiger partial charge in [-0.25, -0.2) is 4.79 Å². The summed E-state index contributed by atoms with van der Waals surface area (Å²) in [4.78, 5) is 27.2. The summed E-state index contributed by atoms with van der Waals surface area (Å²) < 4.78 is 4.91. The van der Waals surface area contributed by atoms with Crippen molar-refractivity contribution in [3.63, 3.8) is 0 Å². The Bertz CT molecular complexity index is 944. The molecule has 0 bridgehead atoms. The maximum atomic E-state index is 13.2. The molecular weight excluding hydrogens is 342 g/mol. The van der Waals surface area contributed by atoms with Crippen molar-refractivity contribution in [1.82, 2.24) is 4.90 Å². The number of nitrogens with zero attached hydrogens (tertiary/aromatic N) is 1. The van der Waals surface area contributed by atoms with E-state index in [2.05, 4.69) is 0 Å². The van der Waals surface area contributed by atoms with Crippen LogP contribution in [0.25, 0.3) is 6.08 Å². The van der Waals surface area contributed by atoms with Crippen LogP contribution in [0, 0.1) is 0 Å². The number of carbonyl (C=O) groups is 2. The number of ether oxygens (including phenoxy) is 1. The zero-order valence-corrected chi connectivity index (χ0v) is 15.5. The molecule has 3 rings (SSSR count). The van der Waals surface area contributed by atoms with Crippen molar-refractivity contribution in [2.24, 2.45) is 0 Å². The van der Waals surface area contributed by atoms with E-state index >= 15 is 0 Å². The van der Waals surface area contributed by atoms with Crippen LogP contribution < -0.4 is 0 Å². The lowest BCUT2D eigenvalue weighted by Crippen LogP contribution is -2.28. The molecule has 1 aliphatic heterocycles. The largest absolute Gasteiger partial charge is 0.507 e. The number of aromatic hydroxyl groups is 1. The molecule has 1 atom stereocenters. The molecule has 1 amide bonds. The molecular formula is C22H21NO4. The van der Waals surface area contributed by atoms with Crippen LogP contribution in [0.2, 0.25) is 0 Å². The maximum Gasteiger partial charge on any atom is 0.340 e. The van der Waals surface area contributed by atoms with Crippen LogP contribution in [0.4, 0.5) is 0 Å². The summed E-state index contributed by atoms with van der Waals surface area (Å²) in [5.41, 5.74) is 2.38. The number of hydrogen-bond donors (Lipinski definition) is 1. The van der Waals surface area contributed by atoms with Gasteiger partial charge in [0.05, 0.1) is 24.3 Å².